The number of ether oxygens (including phenoxy) is 1. The molecule has 0 aliphatic carbocycles. The summed E-state index contributed by atoms with van der Waals surface area (Å²) in [4.78, 5) is 11.6. The van der Waals surface area contributed by atoms with Gasteiger partial charge in [0, 0.05) is 19.1 Å². The molecule has 1 heterocycles. The van der Waals surface area contributed by atoms with Crippen LogP contribution in [0.2, 0.25) is 0 Å². The van der Waals surface area contributed by atoms with Gasteiger partial charge in [0.15, 0.2) is 0 Å². The van der Waals surface area contributed by atoms with Gasteiger partial charge in [-0.25, -0.2) is 9.80 Å². The van der Waals surface area contributed by atoms with Crippen molar-refractivity contribution in [3.63, 3.8) is 0 Å². The molecule has 1 aromatic carbocycles. The SMILES string of the molecule is CC1C[C@H](CCCCCNC(=O)OCc2ccccc2)N(N)C1. The summed E-state index contributed by atoms with van der Waals surface area (Å²) in [5, 5.41) is 4.79. The van der Waals surface area contributed by atoms with E-state index < -0.39 is 0 Å². The Morgan fingerprint density at radius 2 is 2.09 bits per heavy atom. The van der Waals surface area contributed by atoms with E-state index in [0.717, 1.165) is 37.8 Å². The van der Waals surface area contributed by atoms with Crippen LogP contribution in [0.3, 0.4) is 0 Å². The minimum atomic E-state index is -0.341. The Balaban J connectivity index is 1.46. The number of nitrogens with zero attached hydrogens (tertiary/aromatic N) is 1. The van der Waals surface area contributed by atoms with Gasteiger partial charge >= 0.3 is 6.09 Å². The van der Waals surface area contributed by atoms with Crippen molar-refractivity contribution in [3.05, 3.63) is 35.9 Å². The summed E-state index contributed by atoms with van der Waals surface area (Å²) in [6.45, 7) is 4.25. The molecular formula is C18H29N3O2. The van der Waals surface area contributed by atoms with Crippen molar-refractivity contribution in [1.82, 2.24) is 10.3 Å². The van der Waals surface area contributed by atoms with E-state index in [1.165, 1.54) is 6.42 Å². The van der Waals surface area contributed by atoms with Crippen molar-refractivity contribution >= 4 is 6.09 Å². The van der Waals surface area contributed by atoms with Gasteiger partial charge in [0.2, 0.25) is 0 Å². The van der Waals surface area contributed by atoms with Crippen LogP contribution in [0.15, 0.2) is 30.3 Å². The highest BCUT2D eigenvalue weighted by atomic mass is 16.5. The first-order chi connectivity index (χ1) is 11.1. The first kappa shape index (κ1) is 17.8. The Morgan fingerprint density at radius 1 is 1.30 bits per heavy atom. The van der Waals surface area contributed by atoms with E-state index in [1.807, 2.05) is 35.3 Å². The molecule has 1 saturated heterocycles. The molecule has 128 valence electrons. The number of amides is 1. The summed E-state index contributed by atoms with van der Waals surface area (Å²) in [5.74, 6) is 6.71. The standard InChI is InChI=1S/C18H29N3O2/c1-15-12-17(21(19)13-15)10-6-3-7-11-20-18(22)23-14-16-8-4-2-5-9-16/h2,4-5,8-9,15,17H,3,6-7,10-14,19H2,1H3,(H,20,22)/t15?,17-/m0/s1. The second-order valence-electron chi connectivity index (χ2n) is 6.53. The van der Waals surface area contributed by atoms with Crippen molar-refractivity contribution in [2.24, 2.45) is 11.8 Å². The molecule has 23 heavy (non-hydrogen) atoms. The van der Waals surface area contributed by atoms with Crippen molar-refractivity contribution in [3.8, 4) is 0 Å². The molecule has 0 aromatic heterocycles. The van der Waals surface area contributed by atoms with Crippen molar-refractivity contribution in [1.29, 1.82) is 0 Å². The maximum atomic E-state index is 11.6. The lowest BCUT2D eigenvalue weighted by Crippen LogP contribution is -2.35. The Bertz CT molecular complexity index is 467. The third-order valence-electron chi connectivity index (χ3n) is 4.36. The van der Waals surface area contributed by atoms with E-state index in [2.05, 4.69) is 12.2 Å². The van der Waals surface area contributed by atoms with Crippen LogP contribution in [0, 0.1) is 5.92 Å². The first-order valence-corrected chi connectivity index (χ1v) is 8.61. The van der Waals surface area contributed by atoms with Crippen molar-refractivity contribution in [2.45, 2.75) is 51.7 Å². The summed E-state index contributed by atoms with van der Waals surface area (Å²) in [6.07, 6.45) is 5.27. The molecule has 2 rings (SSSR count). The number of benzene rings is 1. The molecule has 0 bridgehead atoms. The smallest absolute Gasteiger partial charge is 0.407 e. The zero-order valence-corrected chi connectivity index (χ0v) is 14.0. The van der Waals surface area contributed by atoms with E-state index in [-0.39, 0.29) is 6.09 Å². The van der Waals surface area contributed by atoms with E-state index >= 15 is 0 Å². The summed E-state index contributed by atoms with van der Waals surface area (Å²) >= 11 is 0. The minimum Gasteiger partial charge on any atom is -0.445 e. The lowest BCUT2D eigenvalue weighted by Gasteiger charge is -2.18. The summed E-state index contributed by atoms with van der Waals surface area (Å²) in [6, 6.07) is 10.2. The highest BCUT2D eigenvalue weighted by molar-refractivity contribution is 5.67. The first-order valence-electron chi connectivity index (χ1n) is 8.61. The van der Waals surface area contributed by atoms with Gasteiger partial charge in [0.25, 0.3) is 0 Å². The average Bonchev–Trinajstić information content (AvgIpc) is 2.87. The molecule has 1 fully saturated rings. The van der Waals surface area contributed by atoms with Crippen LogP contribution in [0.5, 0.6) is 0 Å². The van der Waals surface area contributed by atoms with Crippen LogP contribution in [-0.2, 0) is 11.3 Å². The number of nitrogens with two attached hydrogens (primary N) is 1. The molecule has 0 saturated carbocycles. The highest BCUT2D eigenvalue weighted by Gasteiger charge is 2.26. The molecule has 1 aliphatic heterocycles. The van der Waals surface area contributed by atoms with Crippen LogP contribution in [-0.4, -0.2) is 30.2 Å². The molecule has 5 nitrogen and oxygen atoms in total. The number of rotatable bonds is 8. The second kappa shape index (κ2) is 9.53. The lowest BCUT2D eigenvalue weighted by molar-refractivity contribution is 0.139. The Morgan fingerprint density at radius 3 is 2.78 bits per heavy atom. The number of hydrogen-bond donors (Lipinski definition) is 2. The number of carbonyl (C=O) groups excluding carboxylic acids is 1. The number of hydrazine groups is 1. The molecule has 1 unspecified atom stereocenters. The quantitative estimate of drug-likeness (QED) is 0.571. The molecule has 0 spiro atoms. The van der Waals surface area contributed by atoms with Gasteiger partial charge in [0.1, 0.15) is 6.61 Å². The van der Waals surface area contributed by atoms with Crippen molar-refractivity contribution < 1.29 is 9.53 Å². The lowest BCUT2D eigenvalue weighted by atomic mass is 10.0. The van der Waals surface area contributed by atoms with E-state index in [0.29, 0.717) is 25.1 Å². The second-order valence-corrected chi connectivity index (χ2v) is 6.53. The maximum Gasteiger partial charge on any atom is 0.407 e. The third kappa shape index (κ3) is 6.59. The summed E-state index contributed by atoms with van der Waals surface area (Å²) in [5.41, 5.74) is 1.000. The van der Waals surface area contributed by atoms with Gasteiger partial charge in [-0.2, -0.15) is 0 Å². The molecule has 5 heteroatoms. The molecule has 1 aliphatic rings. The zero-order valence-electron chi connectivity index (χ0n) is 14.0. The minimum absolute atomic E-state index is 0.318. The number of nitrogens with one attached hydrogen (secondary N) is 1. The Kier molecular flexibility index (Phi) is 7.36. The van der Waals surface area contributed by atoms with Gasteiger partial charge in [-0.05, 0) is 30.7 Å². The number of unbranched alkanes of at least 4 members (excludes halogenated alkanes) is 2. The molecule has 2 atom stereocenters. The van der Waals surface area contributed by atoms with Crippen LogP contribution < -0.4 is 11.2 Å². The normalized spacial score (nSPS) is 21.3. The Labute approximate surface area is 139 Å². The van der Waals surface area contributed by atoms with Crippen molar-refractivity contribution in [2.75, 3.05) is 13.1 Å². The van der Waals surface area contributed by atoms with Crippen LogP contribution >= 0.6 is 0 Å². The zero-order chi connectivity index (χ0) is 16.5. The van der Waals surface area contributed by atoms with Gasteiger partial charge in [-0.3, -0.25) is 5.84 Å². The topological polar surface area (TPSA) is 67.6 Å². The molecular weight excluding hydrogens is 290 g/mol. The fourth-order valence-electron chi connectivity index (χ4n) is 3.11. The summed E-state index contributed by atoms with van der Waals surface area (Å²) in [7, 11) is 0. The maximum absolute atomic E-state index is 11.6. The predicted molar refractivity (Wildman–Crippen MR) is 91.6 cm³/mol. The predicted octanol–water partition coefficient (Wildman–Crippen LogP) is 3.06. The fourth-order valence-corrected chi connectivity index (χ4v) is 3.11. The van der Waals surface area contributed by atoms with Gasteiger partial charge < -0.3 is 10.1 Å². The third-order valence-corrected chi connectivity index (χ3v) is 4.36. The molecule has 1 amide bonds. The van der Waals surface area contributed by atoms with Gasteiger partial charge in [-0.15, -0.1) is 0 Å². The number of hydrogen-bond acceptors (Lipinski definition) is 4. The number of alkyl carbamates (subject to hydrolysis) is 1. The van der Waals surface area contributed by atoms with Gasteiger partial charge in [-0.1, -0.05) is 50.1 Å². The summed E-state index contributed by atoms with van der Waals surface area (Å²) < 4.78 is 5.17. The average molecular weight is 319 g/mol. The van der Waals surface area contributed by atoms with Crippen LogP contribution in [0.4, 0.5) is 4.79 Å². The molecule has 3 N–H and O–H groups in total. The van der Waals surface area contributed by atoms with E-state index in [4.69, 9.17) is 10.6 Å². The van der Waals surface area contributed by atoms with Crippen LogP contribution in [0.1, 0.15) is 44.6 Å². The molecule has 0 radical (unpaired) electrons. The van der Waals surface area contributed by atoms with E-state index in [1.54, 1.807) is 0 Å². The molecule has 1 aromatic rings. The fraction of sp³-hybridized carbons (Fsp3) is 0.611. The monoisotopic (exact) mass is 319 g/mol. The highest BCUT2D eigenvalue weighted by Crippen LogP contribution is 2.23. The largest absolute Gasteiger partial charge is 0.445 e. The van der Waals surface area contributed by atoms with E-state index in [9.17, 15) is 4.79 Å². The van der Waals surface area contributed by atoms with Gasteiger partial charge in [0.05, 0.1) is 0 Å². The Hall–Kier alpha value is -1.59. The number of carbonyl (C=O) groups is 1. The van der Waals surface area contributed by atoms with Crippen LogP contribution in [0.25, 0.3) is 0 Å².